The van der Waals surface area contributed by atoms with Gasteiger partial charge in [-0.05, 0) is 92.4 Å². The van der Waals surface area contributed by atoms with Crippen LogP contribution >= 0.6 is 22.6 Å². The molecule has 2 atom stereocenters. The fourth-order valence-electron chi connectivity index (χ4n) is 3.08. The minimum absolute atomic E-state index is 0.549. The van der Waals surface area contributed by atoms with E-state index in [1.54, 1.807) is 0 Å². The van der Waals surface area contributed by atoms with Crippen LogP contribution in [0.2, 0.25) is 0 Å². The fraction of sp³-hybridized carbons (Fsp3) is 0.647. The standard InChI is InChI=1S/C17H27IN2/c1-4-9-20-10-5-6-15(12-20)14(3)19-16-8-7-13(2)17(18)11-16/h7-8,11,14-15,19H,4-6,9-10,12H2,1-3H3. The smallest absolute Gasteiger partial charge is 0.0353 e. The molecule has 0 amide bonds. The fourth-order valence-corrected chi connectivity index (χ4v) is 3.60. The molecule has 2 unspecified atom stereocenters. The Labute approximate surface area is 137 Å². The van der Waals surface area contributed by atoms with Crippen molar-refractivity contribution in [3.8, 4) is 0 Å². The second-order valence-corrected chi connectivity index (χ2v) is 7.26. The molecule has 0 saturated carbocycles. The Kier molecular flexibility index (Phi) is 6.15. The number of anilines is 1. The number of halogens is 1. The molecular formula is C17H27IN2. The Morgan fingerprint density at radius 1 is 1.45 bits per heavy atom. The van der Waals surface area contributed by atoms with Crippen LogP contribution in [-0.2, 0) is 0 Å². The highest BCUT2D eigenvalue weighted by molar-refractivity contribution is 14.1. The molecule has 2 nitrogen and oxygen atoms in total. The minimum Gasteiger partial charge on any atom is -0.382 e. The summed E-state index contributed by atoms with van der Waals surface area (Å²) in [5.74, 6) is 0.772. The highest BCUT2D eigenvalue weighted by Gasteiger charge is 2.24. The third kappa shape index (κ3) is 4.35. The Balaban J connectivity index is 1.93. The highest BCUT2D eigenvalue weighted by Crippen LogP contribution is 2.24. The first-order valence-electron chi connectivity index (χ1n) is 7.85. The average Bonchev–Trinajstić information content (AvgIpc) is 2.43. The van der Waals surface area contributed by atoms with E-state index < -0.39 is 0 Å². The number of hydrogen-bond acceptors (Lipinski definition) is 2. The molecular weight excluding hydrogens is 359 g/mol. The number of benzene rings is 1. The van der Waals surface area contributed by atoms with Gasteiger partial charge in [0.05, 0.1) is 0 Å². The number of likely N-dealkylation sites (tertiary alicyclic amines) is 1. The molecule has 20 heavy (non-hydrogen) atoms. The van der Waals surface area contributed by atoms with Gasteiger partial charge in [-0.25, -0.2) is 0 Å². The summed E-state index contributed by atoms with van der Waals surface area (Å²) in [6.45, 7) is 10.6. The molecule has 1 heterocycles. The van der Waals surface area contributed by atoms with Crippen molar-refractivity contribution in [1.82, 2.24) is 4.90 Å². The first-order valence-corrected chi connectivity index (χ1v) is 8.93. The van der Waals surface area contributed by atoms with E-state index in [4.69, 9.17) is 0 Å². The van der Waals surface area contributed by atoms with E-state index in [-0.39, 0.29) is 0 Å². The molecule has 0 radical (unpaired) electrons. The lowest BCUT2D eigenvalue weighted by atomic mass is 9.91. The molecule has 1 aliphatic heterocycles. The summed E-state index contributed by atoms with van der Waals surface area (Å²) in [5, 5.41) is 3.71. The van der Waals surface area contributed by atoms with E-state index in [0.717, 1.165) is 5.92 Å². The Morgan fingerprint density at radius 2 is 2.25 bits per heavy atom. The third-order valence-electron chi connectivity index (χ3n) is 4.36. The summed E-state index contributed by atoms with van der Waals surface area (Å²) >= 11 is 2.42. The molecule has 1 N–H and O–H groups in total. The van der Waals surface area contributed by atoms with E-state index >= 15 is 0 Å². The molecule has 1 aromatic carbocycles. The van der Waals surface area contributed by atoms with Gasteiger partial charge in [0, 0.05) is 21.8 Å². The van der Waals surface area contributed by atoms with Gasteiger partial charge in [-0.15, -0.1) is 0 Å². The summed E-state index contributed by atoms with van der Waals surface area (Å²) in [4.78, 5) is 2.63. The van der Waals surface area contributed by atoms with E-state index in [1.807, 2.05) is 0 Å². The van der Waals surface area contributed by atoms with Gasteiger partial charge in [0.25, 0.3) is 0 Å². The molecule has 3 heteroatoms. The van der Waals surface area contributed by atoms with Crippen molar-refractivity contribution in [3.63, 3.8) is 0 Å². The summed E-state index contributed by atoms with van der Waals surface area (Å²) in [6.07, 6.45) is 3.98. The van der Waals surface area contributed by atoms with Gasteiger partial charge in [0.2, 0.25) is 0 Å². The van der Waals surface area contributed by atoms with Crippen molar-refractivity contribution in [1.29, 1.82) is 0 Å². The maximum Gasteiger partial charge on any atom is 0.0353 e. The van der Waals surface area contributed by atoms with Gasteiger partial charge in [-0.1, -0.05) is 13.0 Å². The number of nitrogens with one attached hydrogen (secondary N) is 1. The van der Waals surface area contributed by atoms with E-state index in [9.17, 15) is 0 Å². The number of piperidine rings is 1. The normalized spacial score (nSPS) is 21.7. The van der Waals surface area contributed by atoms with Crippen LogP contribution in [0.4, 0.5) is 5.69 Å². The minimum atomic E-state index is 0.549. The molecule has 1 aliphatic rings. The van der Waals surface area contributed by atoms with E-state index in [1.165, 1.54) is 53.7 Å². The maximum atomic E-state index is 3.71. The first kappa shape index (κ1) is 16.1. The quantitative estimate of drug-likeness (QED) is 0.749. The van der Waals surface area contributed by atoms with Crippen molar-refractivity contribution in [2.24, 2.45) is 5.92 Å². The molecule has 0 aromatic heterocycles. The Bertz CT molecular complexity index is 431. The van der Waals surface area contributed by atoms with Gasteiger partial charge in [-0.2, -0.15) is 0 Å². The average molecular weight is 386 g/mol. The zero-order valence-corrected chi connectivity index (χ0v) is 15.1. The zero-order valence-electron chi connectivity index (χ0n) is 13.0. The number of nitrogens with zero attached hydrogens (tertiary/aromatic N) is 1. The van der Waals surface area contributed by atoms with E-state index in [2.05, 4.69) is 71.8 Å². The lowest BCUT2D eigenvalue weighted by molar-refractivity contribution is 0.165. The SMILES string of the molecule is CCCN1CCCC(C(C)Nc2ccc(C)c(I)c2)C1. The summed E-state index contributed by atoms with van der Waals surface area (Å²) in [5.41, 5.74) is 2.62. The van der Waals surface area contributed by atoms with Crippen LogP contribution in [0, 0.1) is 16.4 Å². The number of aryl methyl sites for hydroxylation is 1. The maximum absolute atomic E-state index is 3.71. The summed E-state index contributed by atoms with van der Waals surface area (Å²) in [7, 11) is 0. The second-order valence-electron chi connectivity index (χ2n) is 6.10. The Morgan fingerprint density at radius 3 is 2.95 bits per heavy atom. The third-order valence-corrected chi connectivity index (χ3v) is 5.52. The molecule has 0 spiro atoms. The monoisotopic (exact) mass is 386 g/mol. The lowest BCUT2D eigenvalue weighted by Gasteiger charge is -2.36. The number of hydrogen-bond donors (Lipinski definition) is 1. The molecule has 1 aromatic rings. The topological polar surface area (TPSA) is 15.3 Å². The van der Waals surface area contributed by atoms with Crippen molar-refractivity contribution in [2.75, 3.05) is 25.0 Å². The Hall–Kier alpha value is -0.290. The zero-order chi connectivity index (χ0) is 14.5. The first-order chi connectivity index (χ1) is 9.60. The summed E-state index contributed by atoms with van der Waals surface area (Å²) < 4.78 is 1.34. The molecule has 0 bridgehead atoms. The van der Waals surface area contributed by atoms with Gasteiger partial charge in [0.15, 0.2) is 0 Å². The summed E-state index contributed by atoms with van der Waals surface area (Å²) in [6, 6.07) is 7.23. The van der Waals surface area contributed by atoms with Gasteiger partial charge >= 0.3 is 0 Å². The highest BCUT2D eigenvalue weighted by atomic mass is 127. The van der Waals surface area contributed by atoms with Crippen molar-refractivity contribution >= 4 is 28.3 Å². The van der Waals surface area contributed by atoms with Crippen LogP contribution in [0.15, 0.2) is 18.2 Å². The van der Waals surface area contributed by atoms with Crippen molar-refractivity contribution < 1.29 is 0 Å². The van der Waals surface area contributed by atoms with E-state index in [0.29, 0.717) is 6.04 Å². The molecule has 112 valence electrons. The molecule has 0 aliphatic carbocycles. The van der Waals surface area contributed by atoms with Gasteiger partial charge in [-0.3, -0.25) is 0 Å². The number of rotatable bonds is 5. The van der Waals surface area contributed by atoms with Crippen LogP contribution in [0.1, 0.15) is 38.7 Å². The van der Waals surface area contributed by atoms with Crippen molar-refractivity contribution in [3.05, 3.63) is 27.3 Å². The van der Waals surface area contributed by atoms with Gasteiger partial charge in [0.1, 0.15) is 0 Å². The van der Waals surface area contributed by atoms with Crippen LogP contribution in [0.3, 0.4) is 0 Å². The van der Waals surface area contributed by atoms with Crippen molar-refractivity contribution in [2.45, 2.75) is 46.1 Å². The predicted molar refractivity (Wildman–Crippen MR) is 96.4 cm³/mol. The predicted octanol–water partition coefficient (Wildman–Crippen LogP) is 4.52. The second kappa shape index (κ2) is 7.64. The van der Waals surface area contributed by atoms with Crippen LogP contribution < -0.4 is 5.32 Å². The molecule has 1 saturated heterocycles. The molecule has 2 rings (SSSR count). The van der Waals surface area contributed by atoms with Crippen LogP contribution in [0.5, 0.6) is 0 Å². The molecule has 1 fully saturated rings. The van der Waals surface area contributed by atoms with Crippen LogP contribution in [-0.4, -0.2) is 30.6 Å². The van der Waals surface area contributed by atoms with Crippen LogP contribution in [0.25, 0.3) is 0 Å². The largest absolute Gasteiger partial charge is 0.382 e. The lowest BCUT2D eigenvalue weighted by Crippen LogP contribution is -2.42. The van der Waals surface area contributed by atoms with Gasteiger partial charge < -0.3 is 10.2 Å².